The number of carbonyl (C=O) groups excluding carboxylic acids is 1. The van der Waals surface area contributed by atoms with Crippen LogP contribution in [0, 0.1) is 5.92 Å². The van der Waals surface area contributed by atoms with Crippen LogP contribution < -0.4 is 5.32 Å². The molecule has 0 saturated carbocycles. The third kappa shape index (κ3) is 4.58. The fourth-order valence-electron chi connectivity index (χ4n) is 1.53. The summed E-state index contributed by atoms with van der Waals surface area (Å²) >= 11 is 0. The maximum atomic E-state index is 10.7. The lowest BCUT2D eigenvalue weighted by Crippen LogP contribution is -2.14. The Hall–Kier alpha value is -0.610. The molecule has 1 aliphatic heterocycles. The van der Waals surface area contributed by atoms with Crippen molar-refractivity contribution in [1.29, 1.82) is 0 Å². The SMILES string of the molecule is COC(=O)CCCOCC1CCNC1. The van der Waals surface area contributed by atoms with Crippen molar-refractivity contribution in [2.45, 2.75) is 19.3 Å². The molecule has 4 heteroatoms. The summed E-state index contributed by atoms with van der Waals surface area (Å²) in [5, 5.41) is 3.29. The fraction of sp³-hybridized carbons (Fsp3) is 0.900. The van der Waals surface area contributed by atoms with Crippen LogP contribution >= 0.6 is 0 Å². The topological polar surface area (TPSA) is 47.6 Å². The molecule has 0 aromatic carbocycles. The predicted octanol–water partition coefficient (Wildman–Crippen LogP) is 0.566. The van der Waals surface area contributed by atoms with Crippen molar-refractivity contribution in [2.24, 2.45) is 5.92 Å². The molecule has 1 saturated heterocycles. The zero-order chi connectivity index (χ0) is 10.2. The standard InChI is InChI=1S/C10H19NO3/c1-13-10(12)3-2-6-14-8-9-4-5-11-7-9/h9,11H,2-8H2,1H3. The van der Waals surface area contributed by atoms with Crippen LogP contribution in [0.3, 0.4) is 0 Å². The van der Waals surface area contributed by atoms with Crippen molar-refractivity contribution in [3.8, 4) is 0 Å². The number of hydrogen-bond acceptors (Lipinski definition) is 4. The first kappa shape index (κ1) is 11.5. The van der Waals surface area contributed by atoms with Gasteiger partial charge in [-0.15, -0.1) is 0 Å². The van der Waals surface area contributed by atoms with Gasteiger partial charge in [0.25, 0.3) is 0 Å². The van der Waals surface area contributed by atoms with Gasteiger partial charge in [0.2, 0.25) is 0 Å². The predicted molar refractivity (Wildman–Crippen MR) is 53.0 cm³/mol. The average molecular weight is 201 g/mol. The maximum Gasteiger partial charge on any atom is 0.305 e. The first-order valence-electron chi connectivity index (χ1n) is 5.18. The Morgan fingerprint density at radius 1 is 1.57 bits per heavy atom. The summed E-state index contributed by atoms with van der Waals surface area (Å²) in [4.78, 5) is 10.7. The van der Waals surface area contributed by atoms with Crippen molar-refractivity contribution in [2.75, 3.05) is 33.4 Å². The Morgan fingerprint density at radius 3 is 3.07 bits per heavy atom. The van der Waals surface area contributed by atoms with Gasteiger partial charge in [-0.1, -0.05) is 0 Å². The van der Waals surface area contributed by atoms with Crippen LogP contribution in [0.15, 0.2) is 0 Å². The molecule has 0 bridgehead atoms. The van der Waals surface area contributed by atoms with E-state index < -0.39 is 0 Å². The quantitative estimate of drug-likeness (QED) is 0.504. The van der Waals surface area contributed by atoms with Crippen molar-refractivity contribution in [3.63, 3.8) is 0 Å². The summed E-state index contributed by atoms with van der Waals surface area (Å²) in [5.41, 5.74) is 0. The summed E-state index contributed by atoms with van der Waals surface area (Å²) in [6, 6.07) is 0. The molecule has 1 unspecified atom stereocenters. The number of nitrogens with one attached hydrogen (secondary N) is 1. The van der Waals surface area contributed by atoms with Crippen LogP contribution in [-0.4, -0.2) is 39.4 Å². The molecule has 0 radical (unpaired) electrons. The smallest absolute Gasteiger partial charge is 0.305 e. The summed E-state index contributed by atoms with van der Waals surface area (Å²) in [7, 11) is 1.41. The van der Waals surface area contributed by atoms with Gasteiger partial charge in [0.1, 0.15) is 0 Å². The minimum absolute atomic E-state index is 0.156. The van der Waals surface area contributed by atoms with Crippen LogP contribution in [0.1, 0.15) is 19.3 Å². The first-order chi connectivity index (χ1) is 6.83. The van der Waals surface area contributed by atoms with E-state index >= 15 is 0 Å². The van der Waals surface area contributed by atoms with E-state index in [1.807, 2.05) is 0 Å². The number of esters is 1. The molecule has 4 nitrogen and oxygen atoms in total. The van der Waals surface area contributed by atoms with E-state index in [2.05, 4.69) is 10.1 Å². The zero-order valence-electron chi connectivity index (χ0n) is 8.75. The highest BCUT2D eigenvalue weighted by atomic mass is 16.5. The van der Waals surface area contributed by atoms with Crippen LogP contribution in [0.4, 0.5) is 0 Å². The molecule has 0 aromatic rings. The van der Waals surface area contributed by atoms with Gasteiger partial charge in [-0.3, -0.25) is 4.79 Å². The van der Waals surface area contributed by atoms with Crippen LogP contribution in [0.2, 0.25) is 0 Å². The lowest BCUT2D eigenvalue weighted by Gasteiger charge is -2.08. The number of hydrogen-bond donors (Lipinski definition) is 1. The van der Waals surface area contributed by atoms with Gasteiger partial charge >= 0.3 is 5.97 Å². The highest BCUT2D eigenvalue weighted by Crippen LogP contribution is 2.07. The Morgan fingerprint density at radius 2 is 2.43 bits per heavy atom. The lowest BCUT2D eigenvalue weighted by molar-refractivity contribution is -0.141. The first-order valence-corrected chi connectivity index (χ1v) is 5.18. The van der Waals surface area contributed by atoms with E-state index in [0.717, 1.165) is 26.1 Å². The minimum Gasteiger partial charge on any atom is -0.469 e. The molecular weight excluding hydrogens is 182 g/mol. The molecule has 1 aliphatic rings. The molecule has 1 fully saturated rings. The van der Waals surface area contributed by atoms with E-state index in [9.17, 15) is 4.79 Å². The zero-order valence-corrected chi connectivity index (χ0v) is 8.75. The highest BCUT2D eigenvalue weighted by Gasteiger charge is 2.13. The molecule has 0 aliphatic carbocycles. The average Bonchev–Trinajstić information content (AvgIpc) is 2.69. The van der Waals surface area contributed by atoms with E-state index in [1.54, 1.807) is 0 Å². The molecule has 1 heterocycles. The molecule has 1 atom stereocenters. The van der Waals surface area contributed by atoms with Crippen LogP contribution in [-0.2, 0) is 14.3 Å². The van der Waals surface area contributed by atoms with Crippen LogP contribution in [0.25, 0.3) is 0 Å². The third-order valence-corrected chi connectivity index (χ3v) is 2.41. The van der Waals surface area contributed by atoms with Gasteiger partial charge in [-0.25, -0.2) is 0 Å². The molecule has 82 valence electrons. The third-order valence-electron chi connectivity index (χ3n) is 2.41. The van der Waals surface area contributed by atoms with Gasteiger partial charge in [-0.2, -0.15) is 0 Å². The molecule has 1 N–H and O–H groups in total. The maximum absolute atomic E-state index is 10.7. The monoisotopic (exact) mass is 201 g/mol. The molecule has 0 amide bonds. The van der Waals surface area contributed by atoms with E-state index in [0.29, 0.717) is 18.9 Å². The van der Waals surface area contributed by atoms with Crippen molar-refractivity contribution < 1.29 is 14.3 Å². The van der Waals surface area contributed by atoms with Crippen molar-refractivity contribution in [1.82, 2.24) is 5.32 Å². The Bertz CT molecular complexity index is 167. The molecular formula is C10H19NO3. The second kappa shape index (κ2) is 6.79. The van der Waals surface area contributed by atoms with Crippen molar-refractivity contribution >= 4 is 5.97 Å². The molecule has 1 rings (SSSR count). The van der Waals surface area contributed by atoms with Crippen LogP contribution in [0.5, 0.6) is 0 Å². The number of methoxy groups -OCH3 is 1. The fourth-order valence-corrected chi connectivity index (χ4v) is 1.53. The Balaban J connectivity index is 1.86. The second-order valence-corrected chi connectivity index (χ2v) is 3.61. The summed E-state index contributed by atoms with van der Waals surface area (Å²) < 4.78 is 9.99. The second-order valence-electron chi connectivity index (χ2n) is 3.61. The minimum atomic E-state index is -0.156. The van der Waals surface area contributed by atoms with Gasteiger partial charge in [0.05, 0.1) is 13.7 Å². The molecule has 14 heavy (non-hydrogen) atoms. The van der Waals surface area contributed by atoms with E-state index in [4.69, 9.17) is 4.74 Å². The number of ether oxygens (including phenoxy) is 2. The Kier molecular flexibility index (Phi) is 5.56. The van der Waals surface area contributed by atoms with E-state index in [-0.39, 0.29) is 5.97 Å². The normalized spacial score (nSPS) is 21.1. The lowest BCUT2D eigenvalue weighted by atomic mass is 10.1. The number of rotatable bonds is 6. The largest absolute Gasteiger partial charge is 0.469 e. The van der Waals surface area contributed by atoms with E-state index in [1.165, 1.54) is 13.5 Å². The van der Waals surface area contributed by atoms with Gasteiger partial charge < -0.3 is 14.8 Å². The number of carbonyl (C=O) groups is 1. The van der Waals surface area contributed by atoms with Gasteiger partial charge in [0.15, 0.2) is 0 Å². The van der Waals surface area contributed by atoms with Gasteiger partial charge in [0, 0.05) is 19.6 Å². The van der Waals surface area contributed by atoms with Gasteiger partial charge in [-0.05, 0) is 25.3 Å². The molecule has 0 aromatic heterocycles. The summed E-state index contributed by atoms with van der Waals surface area (Å²) in [6.45, 7) is 3.65. The Labute approximate surface area is 85.0 Å². The van der Waals surface area contributed by atoms with Crippen molar-refractivity contribution in [3.05, 3.63) is 0 Å². The summed E-state index contributed by atoms with van der Waals surface area (Å²) in [6.07, 6.45) is 2.42. The molecule has 0 spiro atoms. The summed E-state index contributed by atoms with van der Waals surface area (Å²) in [5.74, 6) is 0.504. The highest BCUT2D eigenvalue weighted by molar-refractivity contribution is 5.68.